The third-order valence-corrected chi connectivity index (χ3v) is 2.86. The summed E-state index contributed by atoms with van der Waals surface area (Å²) in [5.74, 6) is -0.0446. The zero-order chi connectivity index (χ0) is 12.3. The van der Waals surface area contributed by atoms with Gasteiger partial charge >= 0.3 is 0 Å². The molecule has 0 unspecified atom stereocenters. The summed E-state index contributed by atoms with van der Waals surface area (Å²) in [5, 5.41) is 4.45. The van der Waals surface area contributed by atoms with Gasteiger partial charge in [-0.15, -0.1) is 0 Å². The average Bonchev–Trinajstić information content (AvgIpc) is 2.72. The van der Waals surface area contributed by atoms with Crippen molar-refractivity contribution in [2.45, 2.75) is 12.8 Å². The van der Waals surface area contributed by atoms with Crippen LogP contribution < -0.4 is 0 Å². The number of carbonyl (C=O) groups excluding carboxylic acids is 1. The highest BCUT2D eigenvalue weighted by molar-refractivity contribution is 6.33. The summed E-state index contributed by atoms with van der Waals surface area (Å²) in [6.45, 7) is 0. The molecule has 0 N–H and O–H groups in total. The molecule has 0 aliphatic rings. The predicted molar refractivity (Wildman–Crippen MR) is 65.1 cm³/mol. The monoisotopic (exact) mass is 249 g/mol. The molecule has 0 saturated carbocycles. The van der Waals surface area contributed by atoms with Gasteiger partial charge in [-0.05, 0) is 24.6 Å². The van der Waals surface area contributed by atoms with Gasteiger partial charge in [0.05, 0.1) is 5.02 Å². The lowest BCUT2D eigenvalue weighted by Crippen LogP contribution is -2.06. The van der Waals surface area contributed by atoms with Gasteiger partial charge < -0.3 is 0 Å². The summed E-state index contributed by atoms with van der Waals surface area (Å²) >= 11 is 5.91. The van der Waals surface area contributed by atoms with E-state index in [1.165, 1.54) is 0 Å². The van der Waals surface area contributed by atoms with Crippen LogP contribution in [0.2, 0.25) is 5.02 Å². The van der Waals surface area contributed by atoms with Gasteiger partial charge in [-0.2, -0.15) is 5.10 Å². The number of hydrogen-bond donors (Lipinski definition) is 0. The van der Waals surface area contributed by atoms with Crippen LogP contribution in [-0.4, -0.2) is 20.5 Å². The summed E-state index contributed by atoms with van der Waals surface area (Å²) in [7, 11) is 1.85. The maximum Gasteiger partial charge on any atom is 0.183 e. The number of halogens is 1. The van der Waals surface area contributed by atoms with Gasteiger partial charge in [0, 0.05) is 31.6 Å². The van der Waals surface area contributed by atoms with Gasteiger partial charge in [0.15, 0.2) is 5.78 Å². The number of hydrogen-bond acceptors (Lipinski definition) is 3. The minimum absolute atomic E-state index is 0.0446. The second-order valence-corrected chi connectivity index (χ2v) is 4.11. The Labute approximate surface area is 104 Å². The standard InChI is InChI=1S/C12H12ClN3O/c1-16-9(6-8-15-16)4-5-11(17)12-10(13)3-2-7-14-12/h2-3,6-8H,4-5H2,1H3. The summed E-state index contributed by atoms with van der Waals surface area (Å²) in [6.07, 6.45) is 4.31. The number of Topliss-reactive ketones (excluding diaryl/α,β-unsaturated/α-hetero) is 1. The van der Waals surface area contributed by atoms with E-state index in [-0.39, 0.29) is 5.78 Å². The molecule has 0 aliphatic heterocycles. The summed E-state index contributed by atoms with van der Waals surface area (Å²) in [6, 6.07) is 5.28. The van der Waals surface area contributed by atoms with E-state index in [4.69, 9.17) is 11.6 Å². The van der Waals surface area contributed by atoms with E-state index < -0.39 is 0 Å². The molecule has 0 aromatic carbocycles. The van der Waals surface area contributed by atoms with Crippen LogP contribution >= 0.6 is 11.6 Å². The van der Waals surface area contributed by atoms with E-state index in [0.29, 0.717) is 23.6 Å². The number of nitrogens with zero attached hydrogens (tertiary/aromatic N) is 3. The van der Waals surface area contributed by atoms with E-state index in [9.17, 15) is 4.79 Å². The normalized spacial score (nSPS) is 10.5. The third kappa shape index (κ3) is 2.71. The maximum atomic E-state index is 11.9. The fourth-order valence-corrected chi connectivity index (χ4v) is 1.82. The zero-order valence-corrected chi connectivity index (χ0v) is 10.2. The lowest BCUT2D eigenvalue weighted by atomic mass is 10.1. The molecule has 0 saturated heterocycles. The second-order valence-electron chi connectivity index (χ2n) is 3.70. The molecule has 0 atom stereocenters. The Hall–Kier alpha value is -1.68. The van der Waals surface area contributed by atoms with Gasteiger partial charge in [-0.3, -0.25) is 14.5 Å². The Morgan fingerprint density at radius 2 is 2.24 bits per heavy atom. The van der Waals surface area contributed by atoms with Gasteiger partial charge in [0.1, 0.15) is 5.69 Å². The van der Waals surface area contributed by atoms with Crippen molar-refractivity contribution in [2.24, 2.45) is 7.05 Å². The zero-order valence-electron chi connectivity index (χ0n) is 9.43. The van der Waals surface area contributed by atoms with Crippen LogP contribution in [0.3, 0.4) is 0 Å². The molecule has 0 spiro atoms. The van der Waals surface area contributed by atoms with Crippen LogP contribution in [-0.2, 0) is 13.5 Å². The molecule has 88 valence electrons. The van der Waals surface area contributed by atoms with Crippen molar-refractivity contribution in [3.8, 4) is 0 Å². The van der Waals surface area contributed by atoms with Crippen LogP contribution in [0, 0.1) is 0 Å². The lowest BCUT2D eigenvalue weighted by molar-refractivity contribution is 0.0977. The van der Waals surface area contributed by atoms with Crippen molar-refractivity contribution >= 4 is 17.4 Å². The van der Waals surface area contributed by atoms with E-state index in [2.05, 4.69) is 10.1 Å². The number of rotatable bonds is 4. The molecule has 2 rings (SSSR count). The Kier molecular flexibility index (Phi) is 3.54. The molecule has 2 aromatic rings. The molecule has 0 radical (unpaired) electrons. The predicted octanol–water partition coefficient (Wildman–Crippen LogP) is 2.28. The highest BCUT2D eigenvalue weighted by Crippen LogP contribution is 2.15. The fourth-order valence-electron chi connectivity index (χ4n) is 1.60. The molecule has 5 heteroatoms. The van der Waals surface area contributed by atoms with E-state index >= 15 is 0 Å². The van der Waals surface area contributed by atoms with Crippen molar-refractivity contribution in [2.75, 3.05) is 0 Å². The minimum atomic E-state index is -0.0446. The smallest absolute Gasteiger partial charge is 0.183 e. The quantitative estimate of drug-likeness (QED) is 0.781. The van der Waals surface area contributed by atoms with Crippen LogP contribution in [0.5, 0.6) is 0 Å². The molecule has 0 fully saturated rings. The third-order valence-electron chi connectivity index (χ3n) is 2.55. The van der Waals surface area contributed by atoms with Gasteiger partial charge in [0.25, 0.3) is 0 Å². The van der Waals surface area contributed by atoms with Crippen molar-refractivity contribution < 1.29 is 4.79 Å². The number of aromatic nitrogens is 3. The molecule has 4 nitrogen and oxygen atoms in total. The van der Waals surface area contributed by atoms with Crippen molar-refractivity contribution in [3.63, 3.8) is 0 Å². The van der Waals surface area contributed by atoms with Gasteiger partial charge in [-0.1, -0.05) is 11.6 Å². The second kappa shape index (κ2) is 5.10. The van der Waals surface area contributed by atoms with Crippen LogP contribution in [0.15, 0.2) is 30.6 Å². The Morgan fingerprint density at radius 3 is 2.88 bits per heavy atom. The molecule has 0 amide bonds. The molecule has 17 heavy (non-hydrogen) atoms. The first-order chi connectivity index (χ1) is 8.18. The molecule has 0 bridgehead atoms. The summed E-state index contributed by atoms with van der Waals surface area (Å²) in [5.41, 5.74) is 1.36. The highest BCUT2D eigenvalue weighted by atomic mass is 35.5. The van der Waals surface area contributed by atoms with Crippen LogP contribution in [0.25, 0.3) is 0 Å². The molecular weight excluding hydrogens is 238 g/mol. The Bertz CT molecular complexity index is 536. The maximum absolute atomic E-state index is 11.9. The van der Waals surface area contributed by atoms with Crippen LogP contribution in [0.1, 0.15) is 22.6 Å². The summed E-state index contributed by atoms with van der Waals surface area (Å²) < 4.78 is 1.76. The molecule has 2 aromatic heterocycles. The van der Waals surface area contributed by atoms with Crippen LogP contribution in [0.4, 0.5) is 0 Å². The number of carbonyl (C=O) groups is 1. The van der Waals surface area contributed by atoms with Crippen molar-refractivity contribution in [1.29, 1.82) is 0 Å². The lowest BCUT2D eigenvalue weighted by Gasteiger charge is -2.03. The Morgan fingerprint density at radius 1 is 1.41 bits per heavy atom. The van der Waals surface area contributed by atoms with Crippen molar-refractivity contribution in [1.82, 2.24) is 14.8 Å². The Balaban J connectivity index is 2.04. The first-order valence-electron chi connectivity index (χ1n) is 5.29. The van der Waals surface area contributed by atoms with Gasteiger partial charge in [0.2, 0.25) is 0 Å². The van der Waals surface area contributed by atoms with Gasteiger partial charge in [-0.25, -0.2) is 0 Å². The number of ketones is 1. The van der Waals surface area contributed by atoms with E-state index in [0.717, 1.165) is 5.69 Å². The first-order valence-corrected chi connectivity index (χ1v) is 5.67. The van der Waals surface area contributed by atoms with Crippen molar-refractivity contribution in [3.05, 3.63) is 47.0 Å². The highest BCUT2D eigenvalue weighted by Gasteiger charge is 2.12. The van der Waals surface area contributed by atoms with E-state index in [1.54, 1.807) is 29.2 Å². The SMILES string of the molecule is Cn1nccc1CCC(=O)c1ncccc1Cl. The fraction of sp³-hybridized carbons (Fsp3) is 0.250. The number of pyridine rings is 1. The largest absolute Gasteiger partial charge is 0.292 e. The van der Waals surface area contributed by atoms with E-state index in [1.807, 2.05) is 13.1 Å². The molecular formula is C12H12ClN3O. The topological polar surface area (TPSA) is 47.8 Å². The first kappa shape index (κ1) is 11.8. The molecule has 2 heterocycles. The average molecular weight is 250 g/mol. The minimum Gasteiger partial charge on any atom is -0.292 e. The number of aryl methyl sites for hydroxylation is 2. The molecule has 0 aliphatic carbocycles. The summed E-state index contributed by atoms with van der Waals surface area (Å²) in [4.78, 5) is 15.9.